The minimum absolute atomic E-state index is 0.134. The Hall–Kier alpha value is -2.34. The van der Waals surface area contributed by atoms with Crippen LogP contribution in [0.15, 0.2) is 40.5 Å². The number of pyridine rings is 1. The fourth-order valence-electron chi connectivity index (χ4n) is 4.16. The van der Waals surface area contributed by atoms with E-state index < -0.39 is 0 Å². The Morgan fingerprint density at radius 1 is 1.19 bits per heavy atom. The van der Waals surface area contributed by atoms with Crippen molar-refractivity contribution in [1.29, 1.82) is 0 Å². The van der Waals surface area contributed by atoms with E-state index in [0.717, 1.165) is 62.2 Å². The van der Waals surface area contributed by atoms with Crippen molar-refractivity contribution in [3.63, 3.8) is 0 Å². The van der Waals surface area contributed by atoms with Crippen molar-refractivity contribution in [2.45, 2.75) is 25.8 Å². The summed E-state index contributed by atoms with van der Waals surface area (Å²) in [6.45, 7) is 3.38. The third-order valence-electron chi connectivity index (χ3n) is 5.62. The highest BCUT2D eigenvalue weighted by Gasteiger charge is 2.31. The van der Waals surface area contributed by atoms with Gasteiger partial charge >= 0.3 is 0 Å². The van der Waals surface area contributed by atoms with E-state index in [4.69, 9.17) is 4.42 Å². The topological polar surface area (TPSA) is 49.6 Å². The second-order valence-corrected chi connectivity index (χ2v) is 8.11. The van der Waals surface area contributed by atoms with Crippen LogP contribution in [0.3, 0.4) is 0 Å². The molecule has 0 spiro atoms. The fourth-order valence-corrected chi connectivity index (χ4v) is 5.05. The molecule has 0 bridgehead atoms. The highest BCUT2D eigenvalue weighted by atomic mass is 32.1. The maximum absolute atomic E-state index is 13.0. The van der Waals surface area contributed by atoms with Crippen LogP contribution in [-0.4, -0.2) is 35.4 Å². The maximum Gasteiger partial charge on any atom is 0.226 e. The summed E-state index contributed by atoms with van der Waals surface area (Å²) in [7, 11) is 0. The average Bonchev–Trinajstić information content (AvgIpc) is 3.35. The molecule has 2 aliphatic heterocycles. The van der Waals surface area contributed by atoms with Crippen molar-refractivity contribution in [2.24, 2.45) is 5.92 Å². The zero-order chi connectivity index (χ0) is 17.5. The van der Waals surface area contributed by atoms with E-state index in [1.165, 1.54) is 10.4 Å². The van der Waals surface area contributed by atoms with Gasteiger partial charge < -0.3 is 14.2 Å². The predicted octanol–water partition coefficient (Wildman–Crippen LogP) is 3.69. The molecular weight excluding hydrogens is 346 g/mol. The summed E-state index contributed by atoms with van der Waals surface area (Å²) >= 11 is 1.81. The van der Waals surface area contributed by atoms with E-state index in [-0.39, 0.29) is 5.92 Å². The summed E-state index contributed by atoms with van der Waals surface area (Å²) in [6.07, 6.45) is 6.29. The minimum atomic E-state index is 0.134. The SMILES string of the molecule is O=C(C1CCN(c2nccc3occc23)CC1)N1CCc2sccc2C1. The normalized spacial score (nSPS) is 18.3. The van der Waals surface area contributed by atoms with Crippen LogP contribution in [0.5, 0.6) is 0 Å². The number of anilines is 1. The lowest BCUT2D eigenvalue weighted by atomic mass is 9.94. The Morgan fingerprint density at radius 3 is 2.96 bits per heavy atom. The first kappa shape index (κ1) is 15.9. The average molecular weight is 367 g/mol. The van der Waals surface area contributed by atoms with Crippen LogP contribution in [0.25, 0.3) is 11.0 Å². The van der Waals surface area contributed by atoms with Gasteiger partial charge in [0.2, 0.25) is 5.91 Å². The van der Waals surface area contributed by atoms with Gasteiger partial charge in [-0.15, -0.1) is 11.3 Å². The van der Waals surface area contributed by atoms with Crippen LogP contribution >= 0.6 is 11.3 Å². The molecular formula is C20H21N3O2S. The van der Waals surface area contributed by atoms with E-state index in [1.807, 2.05) is 23.5 Å². The number of carbonyl (C=O) groups is 1. The molecule has 3 aromatic rings. The van der Waals surface area contributed by atoms with Gasteiger partial charge in [-0.05, 0) is 48.4 Å². The number of nitrogens with zero attached hydrogens (tertiary/aromatic N) is 3. The number of amides is 1. The Balaban J connectivity index is 1.26. The van der Waals surface area contributed by atoms with Crippen molar-refractivity contribution in [2.75, 3.05) is 24.5 Å². The molecule has 26 heavy (non-hydrogen) atoms. The third-order valence-corrected chi connectivity index (χ3v) is 6.64. The Bertz CT molecular complexity index is 939. The maximum atomic E-state index is 13.0. The molecule has 6 heteroatoms. The van der Waals surface area contributed by atoms with E-state index in [1.54, 1.807) is 12.5 Å². The number of piperidine rings is 1. The lowest BCUT2D eigenvalue weighted by Gasteiger charge is -2.36. The van der Waals surface area contributed by atoms with Crippen molar-refractivity contribution < 1.29 is 9.21 Å². The second-order valence-electron chi connectivity index (χ2n) is 7.11. The van der Waals surface area contributed by atoms with Crippen LogP contribution in [-0.2, 0) is 17.8 Å². The van der Waals surface area contributed by atoms with Crippen LogP contribution in [0.1, 0.15) is 23.3 Å². The molecule has 5 heterocycles. The number of furan rings is 1. The van der Waals surface area contributed by atoms with Crippen molar-refractivity contribution in [3.8, 4) is 0 Å². The third kappa shape index (κ3) is 2.69. The number of thiophene rings is 1. The molecule has 0 N–H and O–H groups in total. The van der Waals surface area contributed by atoms with Gasteiger partial charge in [-0.25, -0.2) is 4.98 Å². The van der Waals surface area contributed by atoms with Crippen LogP contribution < -0.4 is 4.90 Å². The molecule has 0 unspecified atom stereocenters. The van der Waals surface area contributed by atoms with Crippen molar-refractivity contribution >= 4 is 34.0 Å². The number of fused-ring (bicyclic) bond motifs is 2. The summed E-state index contributed by atoms with van der Waals surface area (Å²) in [5, 5.41) is 3.19. The van der Waals surface area contributed by atoms with Crippen LogP contribution in [0.2, 0.25) is 0 Å². The number of hydrogen-bond donors (Lipinski definition) is 0. The van der Waals surface area contributed by atoms with Gasteiger partial charge in [-0.3, -0.25) is 4.79 Å². The lowest BCUT2D eigenvalue weighted by Crippen LogP contribution is -2.44. The molecule has 0 atom stereocenters. The Morgan fingerprint density at radius 2 is 2.08 bits per heavy atom. The predicted molar refractivity (Wildman–Crippen MR) is 102 cm³/mol. The van der Waals surface area contributed by atoms with Gasteiger partial charge in [0.1, 0.15) is 11.4 Å². The molecule has 0 saturated carbocycles. The lowest BCUT2D eigenvalue weighted by molar-refractivity contribution is -0.137. The van der Waals surface area contributed by atoms with Gasteiger partial charge in [-0.1, -0.05) is 0 Å². The van der Waals surface area contributed by atoms with Crippen molar-refractivity contribution in [1.82, 2.24) is 9.88 Å². The van der Waals surface area contributed by atoms with Crippen LogP contribution in [0.4, 0.5) is 5.82 Å². The van der Waals surface area contributed by atoms with Gasteiger partial charge in [0, 0.05) is 43.2 Å². The first-order valence-electron chi connectivity index (χ1n) is 9.21. The zero-order valence-electron chi connectivity index (χ0n) is 14.6. The summed E-state index contributed by atoms with van der Waals surface area (Å²) in [5.41, 5.74) is 2.20. The number of rotatable bonds is 2. The highest BCUT2D eigenvalue weighted by molar-refractivity contribution is 7.10. The summed E-state index contributed by atoms with van der Waals surface area (Å²) in [4.78, 5) is 23.3. The molecule has 0 radical (unpaired) electrons. The summed E-state index contributed by atoms with van der Waals surface area (Å²) < 4.78 is 5.48. The second kappa shape index (κ2) is 6.43. The van der Waals surface area contributed by atoms with Gasteiger partial charge in [0.25, 0.3) is 0 Å². The molecule has 134 valence electrons. The van der Waals surface area contributed by atoms with E-state index >= 15 is 0 Å². The molecule has 5 nitrogen and oxygen atoms in total. The molecule has 2 aliphatic rings. The summed E-state index contributed by atoms with van der Waals surface area (Å²) in [5.74, 6) is 1.44. The fraction of sp³-hybridized carbons (Fsp3) is 0.400. The molecule has 1 saturated heterocycles. The minimum Gasteiger partial charge on any atom is -0.464 e. The molecule has 5 rings (SSSR count). The van der Waals surface area contributed by atoms with Gasteiger partial charge in [0.15, 0.2) is 0 Å². The first-order chi connectivity index (χ1) is 12.8. The molecule has 1 amide bonds. The highest BCUT2D eigenvalue weighted by Crippen LogP contribution is 2.31. The van der Waals surface area contributed by atoms with Gasteiger partial charge in [-0.2, -0.15) is 0 Å². The number of carbonyl (C=O) groups excluding carboxylic acids is 1. The first-order valence-corrected chi connectivity index (χ1v) is 10.1. The standard InChI is InChI=1S/C20H21N3O2S/c24-20(23-10-4-18-15(13-23)6-12-26-18)14-2-8-22(9-3-14)19-16-5-11-25-17(16)1-7-21-19/h1,5-7,11-12,14H,2-4,8-10,13H2. The largest absolute Gasteiger partial charge is 0.464 e. The molecule has 1 fully saturated rings. The molecule has 0 aliphatic carbocycles. The Labute approximate surface area is 156 Å². The van der Waals surface area contributed by atoms with Crippen LogP contribution in [0, 0.1) is 5.92 Å². The number of aromatic nitrogens is 1. The molecule has 0 aromatic carbocycles. The van der Waals surface area contributed by atoms with Gasteiger partial charge in [0.05, 0.1) is 11.6 Å². The smallest absolute Gasteiger partial charge is 0.226 e. The van der Waals surface area contributed by atoms with E-state index in [9.17, 15) is 4.79 Å². The van der Waals surface area contributed by atoms with E-state index in [0.29, 0.717) is 5.91 Å². The molecule has 3 aromatic heterocycles. The quantitative estimate of drug-likeness (QED) is 0.693. The monoisotopic (exact) mass is 367 g/mol. The Kier molecular flexibility index (Phi) is 3.93. The zero-order valence-corrected chi connectivity index (χ0v) is 15.4. The van der Waals surface area contributed by atoms with E-state index in [2.05, 4.69) is 26.2 Å². The summed E-state index contributed by atoms with van der Waals surface area (Å²) in [6, 6.07) is 6.03. The number of hydrogen-bond acceptors (Lipinski definition) is 5. The van der Waals surface area contributed by atoms with Crippen molar-refractivity contribution in [3.05, 3.63) is 46.5 Å².